The van der Waals surface area contributed by atoms with Gasteiger partial charge in [0.05, 0.1) is 11.7 Å². The number of phenolic OH excluding ortho intramolecular Hbond substituents is 1. The molecule has 0 radical (unpaired) electrons. The summed E-state index contributed by atoms with van der Waals surface area (Å²) in [5, 5.41) is 12.5. The highest BCUT2D eigenvalue weighted by Gasteiger charge is 2.22. The maximum absolute atomic E-state index is 11.9. The first-order valence-corrected chi connectivity index (χ1v) is 5.87. The number of carbonyl (C=O) groups excluding carboxylic acids is 1. The van der Waals surface area contributed by atoms with Crippen molar-refractivity contribution in [3.8, 4) is 5.75 Å². The van der Waals surface area contributed by atoms with Gasteiger partial charge in [0.1, 0.15) is 5.75 Å². The third kappa shape index (κ3) is 2.97. The molecule has 1 fully saturated rings. The Morgan fingerprint density at radius 1 is 1.47 bits per heavy atom. The van der Waals surface area contributed by atoms with Crippen LogP contribution in [0.4, 0.5) is 0 Å². The molecule has 2 N–H and O–H groups in total. The Morgan fingerprint density at radius 2 is 2.24 bits per heavy atom. The summed E-state index contributed by atoms with van der Waals surface area (Å²) >= 11 is 0. The second-order valence-electron chi connectivity index (χ2n) is 4.39. The van der Waals surface area contributed by atoms with Gasteiger partial charge in [-0.15, -0.1) is 0 Å². The molecule has 4 heteroatoms. The predicted molar refractivity (Wildman–Crippen MR) is 64.0 cm³/mol. The number of rotatable bonds is 2. The molecule has 17 heavy (non-hydrogen) atoms. The van der Waals surface area contributed by atoms with Gasteiger partial charge in [0, 0.05) is 12.6 Å². The number of hydrogen-bond donors (Lipinski definition) is 2. The molecular formula is C13H17NO3. The lowest BCUT2D eigenvalue weighted by molar-refractivity contribution is 0.0136. The van der Waals surface area contributed by atoms with Crippen molar-refractivity contribution in [3.63, 3.8) is 0 Å². The van der Waals surface area contributed by atoms with E-state index in [1.165, 1.54) is 6.07 Å². The van der Waals surface area contributed by atoms with E-state index in [2.05, 4.69) is 5.32 Å². The van der Waals surface area contributed by atoms with E-state index in [-0.39, 0.29) is 23.8 Å². The topological polar surface area (TPSA) is 58.6 Å². The molecule has 0 aliphatic carbocycles. The Hall–Kier alpha value is -1.55. The summed E-state index contributed by atoms with van der Waals surface area (Å²) in [7, 11) is 0. The minimum atomic E-state index is -0.220. The number of phenols is 1. The highest BCUT2D eigenvalue weighted by molar-refractivity contribution is 5.96. The summed E-state index contributed by atoms with van der Waals surface area (Å²) < 4.78 is 5.42. The molecule has 1 aromatic rings. The fraction of sp³-hybridized carbons (Fsp3) is 0.462. The Kier molecular flexibility index (Phi) is 3.64. The molecule has 1 heterocycles. The normalized spacial score (nSPS) is 24.3. The first-order valence-electron chi connectivity index (χ1n) is 5.87. The number of hydrogen-bond acceptors (Lipinski definition) is 3. The van der Waals surface area contributed by atoms with Gasteiger partial charge in [0.25, 0.3) is 5.91 Å². The fourth-order valence-electron chi connectivity index (χ4n) is 2.06. The van der Waals surface area contributed by atoms with Crippen molar-refractivity contribution in [2.24, 2.45) is 0 Å². The minimum absolute atomic E-state index is 0.0186. The van der Waals surface area contributed by atoms with Gasteiger partial charge >= 0.3 is 0 Å². The van der Waals surface area contributed by atoms with Crippen molar-refractivity contribution in [2.75, 3.05) is 6.61 Å². The predicted octanol–water partition coefficient (Wildman–Crippen LogP) is 1.69. The van der Waals surface area contributed by atoms with Gasteiger partial charge in [0.15, 0.2) is 0 Å². The van der Waals surface area contributed by atoms with Crippen LogP contribution >= 0.6 is 0 Å². The summed E-state index contributed by atoms with van der Waals surface area (Å²) in [5.41, 5.74) is 0.326. The standard InChI is InChI=1S/C13H17NO3/c1-9-8-10(6-7-17-9)14-13(16)11-4-2-3-5-12(11)15/h2-5,9-10,15H,6-8H2,1H3,(H,14,16). The maximum atomic E-state index is 11.9. The van der Waals surface area contributed by atoms with E-state index in [4.69, 9.17) is 4.74 Å². The summed E-state index contributed by atoms with van der Waals surface area (Å²) in [6.45, 7) is 2.67. The molecule has 1 saturated heterocycles. The van der Waals surface area contributed by atoms with E-state index in [0.29, 0.717) is 12.2 Å². The average molecular weight is 235 g/mol. The van der Waals surface area contributed by atoms with Crippen molar-refractivity contribution in [2.45, 2.75) is 31.9 Å². The zero-order valence-corrected chi connectivity index (χ0v) is 9.85. The Morgan fingerprint density at radius 3 is 2.94 bits per heavy atom. The number of nitrogens with one attached hydrogen (secondary N) is 1. The van der Waals surface area contributed by atoms with Gasteiger partial charge in [-0.2, -0.15) is 0 Å². The van der Waals surface area contributed by atoms with Gasteiger partial charge in [-0.1, -0.05) is 12.1 Å². The van der Waals surface area contributed by atoms with E-state index in [1.54, 1.807) is 18.2 Å². The highest BCUT2D eigenvalue weighted by Crippen LogP contribution is 2.18. The number of carbonyl (C=O) groups is 1. The molecule has 0 bridgehead atoms. The molecule has 92 valence electrons. The monoisotopic (exact) mass is 235 g/mol. The van der Waals surface area contributed by atoms with Crippen molar-refractivity contribution in [1.82, 2.24) is 5.32 Å². The lowest BCUT2D eigenvalue weighted by Gasteiger charge is -2.28. The van der Waals surface area contributed by atoms with E-state index in [9.17, 15) is 9.90 Å². The molecule has 0 spiro atoms. The zero-order chi connectivity index (χ0) is 12.3. The largest absolute Gasteiger partial charge is 0.507 e. The van der Waals surface area contributed by atoms with Crippen molar-refractivity contribution in [3.05, 3.63) is 29.8 Å². The molecular weight excluding hydrogens is 218 g/mol. The van der Waals surface area contributed by atoms with Crippen molar-refractivity contribution in [1.29, 1.82) is 0 Å². The SMILES string of the molecule is CC1CC(NC(=O)c2ccccc2O)CCO1. The number of amides is 1. The van der Waals surface area contributed by atoms with Gasteiger partial charge in [-0.05, 0) is 31.9 Å². The molecule has 1 aromatic carbocycles. The van der Waals surface area contributed by atoms with Crippen LogP contribution in [-0.2, 0) is 4.74 Å². The maximum Gasteiger partial charge on any atom is 0.255 e. The summed E-state index contributed by atoms with van der Waals surface area (Å²) in [4.78, 5) is 11.9. The molecule has 1 aliphatic heterocycles. The molecule has 2 unspecified atom stereocenters. The summed E-state index contributed by atoms with van der Waals surface area (Å²) in [6.07, 6.45) is 1.82. The van der Waals surface area contributed by atoms with Gasteiger partial charge in [-0.3, -0.25) is 4.79 Å². The van der Waals surface area contributed by atoms with Crippen molar-refractivity contribution >= 4 is 5.91 Å². The third-order valence-corrected chi connectivity index (χ3v) is 2.97. The van der Waals surface area contributed by atoms with Crippen molar-refractivity contribution < 1.29 is 14.6 Å². The first-order chi connectivity index (χ1) is 8.16. The quantitative estimate of drug-likeness (QED) is 0.820. The summed E-state index contributed by atoms with van der Waals surface area (Å²) in [6, 6.07) is 6.70. The second kappa shape index (κ2) is 5.19. The van der Waals surface area contributed by atoms with Crippen LogP contribution in [0.25, 0.3) is 0 Å². The first kappa shape index (κ1) is 11.9. The van der Waals surface area contributed by atoms with E-state index < -0.39 is 0 Å². The fourth-order valence-corrected chi connectivity index (χ4v) is 2.06. The molecule has 0 aromatic heterocycles. The Bertz CT molecular complexity index is 405. The molecule has 2 rings (SSSR count). The average Bonchev–Trinajstić information content (AvgIpc) is 2.29. The van der Waals surface area contributed by atoms with Crippen LogP contribution in [-0.4, -0.2) is 29.8 Å². The van der Waals surface area contributed by atoms with Crippen LogP contribution < -0.4 is 5.32 Å². The molecule has 4 nitrogen and oxygen atoms in total. The highest BCUT2D eigenvalue weighted by atomic mass is 16.5. The van der Waals surface area contributed by atoms with Gasteiger partial charge in [0.2, 0.25) is 0 Å². The van der Waals surface area contributed by atoms with Crippen LogP contribution in [0.5, 0.6) is 5.75 Å². The third-order valence-electron chi connectivity index (χ3n) is 2.97. The number of ether oxygens (including phenoxy) is 1. The smallest absolute Gasteiger partial charge is 0.255 e. The second-order valence-corrected chi connectivity index (χ2v) is 4.39. The van der Waals surface area contributed by atoms with Crippen LogP contribution in [0, 0.1) is 0 Å². The Labute approximate surface area is 101 Å². The molecule has 1 amide bonds. The number of aromatic hydroxyl groups is 1. The van der Waals surface area contributed by atoms with Crippen LogP contribution in [0.2, 0.25) is 0 Å². The zero-order valence-electron chi connectivity index (χ0n) is 9.85. The summed E-state index contributed by atoms with van der Waals surface area (Å²) in [5.74, 6) is -0.202. The van der Waals surface area contributed by atoms with Crippen LogP contribution in [0.3, 0.4) is 0 Å². The van der Waals surface area contributed by atoms with Gasteiger partial charge in [-0.25, -0.2) is 0 Å². The number of para-hydroxylation sites is 1. The van der Waals surface area contributed by atoms with E-state index in [0.717, 1.165) is 12.8 Å². The lowest BCUT2D eigenvalue weighted by atomic mass is 10.0. The van der Waals surface area contributed by atoms with E-state index >= 15 is 0 Å². The molecule has 1 aliphatic rings. The minimum Gasteiger partial charge on any atom is -0.507 e. The van der Waals surface area contributed by atoms with Crippen LogP contribution in [0.1, 0.15) is 30.1 Å². The molecule has 2 atom stereocenters. The van der Waals surface area contributed by atoms with Crippen LogP contribution in [0.15, 0.2) is 24.3 Å². The number of benzene rings is 1. The van der Waals surface area contributed by atoms with E-state index in [1.807, 2.05) is 6.92 Å². The Balaban J connectivity index is 1.99. The molecule has 0 saturated carbocycles. The lowest BCUT2D eigenvalue weighted by Crippen LogP contribution is -2.41. The van der Waals surface area contributed by atoms with Gasteiger partial charge < -0.3 is 15.2 Å².